The number of hydrogen-bond acceptors (Lipinski definition) is 4. The number of ether oxygens (including phenoxy) is 1. The van der Waals surface area contributed by atoms with E-state index in [1.54, 1.807) is 6.92 Å². The average Bonchev–Trinajstić information content (AvgIpc) is 2.63. The molecular weight excluding hydrogens is 423 g/mol. The monoisotopic (exact) mass is 444 g/mol. The van der Waals surface area contributed by atoms with Gasteiger partial charge >= 0.3 is 0 Å². The zero-order valence-corrected chi connectivity index (χ0v) is 18.0. The Morgan fingerprint density at radius 1 is 1.04 bits per heavy atom. The zero-order chi connectivity index (χ0) is 20.9. The van der Waals surface area contributed by atoms with Crippen LogP contribution < -0.4 is 14.8 Å². The van der Waals surface area contributed by atoms with Gasteiger partial charge in [0, 0.05) is 6.54 Å². The number of rotatable bonds is 8. The van der Waals surface area contributed by atoms with Crippen LogP contribution in [0.25, 0.3) is 0 Å². The highest BCUT2D eigenvalue weighted by Crippen LogP contribution is 2.27. The maximum atomic E-state index is 12.5. The molecule has 0 unspecified atom stereocenters. The number of amides is 1. The molecule has 0 aliphatic carbocycles. The highest BCUT2D eigenvalue weighted by atomic mass is 35.5. The summed E-state index contributed by atoms with van der Waals surface area (Å²) in [5.74, 6) is 0.496. The van der Waals surface area contributed by atoms with Gasteiger partial charge in [0.2, 0.25) is 0 Å². The average molecular weight is 445 g/mol. The van der Waals surface area contributed by atoms with E-state index in [1.807, 2.05) is 13.8 Å². The molecule has 2 aromatic rings. The predicted octanol–water partition coefficient (Wildman–Crippen LogP) is 4.33. The van der Waals surface area contributed by atoms with E-state index in [9.17, 15) is 13.2 Å². The molecule has 0 heterocycles. The fraction of sp³-hybridized carbons (Fsp3) is 0.316. The highest BCUT2D eigenvalue weighted by Gasteiger charge is 2.17. The number of carbonyl (C=O) groups excluding carboxylic acids is 1. The number of nitrogens with one attached hydrogen (secondary N) is 2. The van der Waals surface area contributed by atoms with Crippen molar-refractivity contribution in [3.05, 3.63) is 52.5 Å². The van der Waals surface area contributed by atoms with Gasteiger partial charge in [-0.3, -0.25) is 9.52 Å². The molecule has 0 spiro atoms. The summed E-state index contributed by atoms with van der Waals surface area (Å²) in [7, 11) is -3.81. The fourth-order valence-corrected chi connectivity index (χ4v) is 3.52. The molecule has 1 amide bonds. The molecule has 0 aromatic heterocycles. The molecule has 0 aliphatic heterocycles. The van der Waals surface area contributed by atoms with E-state index >= 15 is 0 Å². The molecule has 0 saturated heterocycles. The summed E-state index contributed by atoms with van der Waals surface area (Å²) in [5, 5.41) is 3.36. The Labute approximate surface area is 175 Å². The van der Waals surface area contributed by atoms with Gasteiger partial charge in [-0.15, -0.1) is 0 Å². The van der Waals surface area contributed by atoms with Crippen LogP contribution in [0.2, 0.25) is 10.0 Å². The molecule has 2 N–H and O–H groups in total. The molecule has 2 aromatic carbocycles. The molecular formula is C19H22Cl2N2O4S. The van der Waals surface area contributed by atoms with Crippen molar-refractivity contribution in [1.82, 2.24) is 5.32 Å². The first-order valence-corrected chi connectivity index (χ1v) is 10.8. The molecule has 6 nitrogen and oxygen atoms in total. The van der Waals surface area contributed by atoms with Gasteiger partial charge in [0.05, 0.1) is 20.6 Å². The van der Waals surface area contributed by atoms with Crippen LogP contribution in [-0.2, 0) is 14.8 Å². The van der Waals surface area contributed by atoms with Crippen LogP contribution in [0.5, 0.6) is 5.75 Å². The van der Waals surface area contributed by atoms with Crippen molar-refractivity contribution < 1.29 is 17.9 Å². The molecule has 28 heavy (non-hydrogen) atoms. The van der Waals surface area contributed by atoms with Crippen molar-refractivity contribution in [3.63, 3.8) is 0 Å². The normalized spacial score (nSPS) is 12.5. The van der Waals surface area contributed by atoms with Crippen LogP contribution in [-0.4, -0.2) is 27.0 Å². The van der Waals surface area contributed by atoms with E-state index in [-0.39, 0.29) is 15.8 Å². The van der Waals surface area contributed by atoms with Crippen LogP contribution in [0.1, 0.15) is 20.8 Å². The Hall–Kier alpha value is -1.96. The maximum Gasteiger partial charge on any atom is 0.261 e. The van der Waals surface area contributed by atoms with Crippen molar-refractivity contribution in [3.8, 4) is 5.75 Å². The number of halogens is 2. The first-order chi connectivity index (χ1) is 13.1. The van der Waals surface area contributed by atoms with Gasteiger partial charge in [-0.2, -0.15) is 0 Å². The molecule has 0 saturated carbocycles. The van der Waals surface area contributed by atoms with Gasteiger partial charge in [-0.25, -0.2) is 8.42 Å². The topological polar surface area (TPSA) is 84.5 Å². The number of benzene rings is 2. The maximum absolute atomic E-state index is 12.5. The molecule has 9 heteroatoms. The van der Waals surface area contributed by atoms with Crippen LogP contribution in [0.3, 0.4) is 0 Å². The van der Waals surface area contributed by atoms with Crippen LogP contribution in [0.15, 0.2) is 47.4 Å². The Morgan fingerprint density at radius 3 is 2.25 bits per heavy atom. The second-order valence-electron chi connectivity index (χ2n) is 6.60. The third kappa shape index (κ3) is 6.29. The van der Waals surface area contributed by atoms with E-state index in [2.05, 4.69) is 10.0 Å². The van der Waals surface area contributed by atoms with Gasteiger partial charge < -0.3 is 10.1 Å². The molecule has 0 bridgehead atoms. The Morgan fingerprint density at radius 2 is 1.68 bits per heavy atom. The van der Waals surface area contributed by atoms with Gasteiger partial charge in [0.15, 0.2) is 6.10 Å². The van der Waals surface area contributed by atoms with Gasteiger partial charge in [-0.1, -0.05) is 37.0 Å². The van der Waals surface area contributed by atoms with Crippen LogP contribution >= 0.6 is 23.2 Å². The highest BCUT2D eigenvalue weighted by molar-refractivity contribution is 7.92. The Kier molecular flexibility index (Phi) is 7.57. The number of sulfonamides is 1. The first-order valence-electron chi connectivity index (χ1n) is 8.61. The van der Waals surface area contributed by atoms with E-state index in [1.165, 1.54) is 42.5 Å². The van der Waals surface area contributed by atoms with Crippen molar-refractivity contribution in [2.75, 3.05) is 11.3 Å². The number of hydrogen-bond donors (Lipinski definition) is 2. The summed E-state index contributed by atoms with van der Waals surface area (Å²) < 4.78 is 33.0. The second kappa shape index (κ2) is 9.49. The largest absolute Gasteiger partial charge is 0.481 e. The minimum absolute atomic E-state index is 0.0443. The van der Waals surface area contributed by atoms with E-state index in [4.69, 9.17) is 27.9 Å². The Balaban J connectivity index is 2.04. The van der Waals surface area contributed by atoms with Crippen molar-refractivity contribution in [2.24, 2.45) is 5.92 Å². The van der Waals surface area contributed by atoms with Gasteiger partial charge in [-0.05, 0) is 55.3 Å². The fourth-order valence-electron chi connectivity index (χ4n) is 2.18. The predicted molar refractivity (Wildman–Crippen MR) is 112 cm³/mol. The minimum Gasteiger partial charge on any atom is -0.481 e. The third-order valence-electron chi connectivity index (χ3n) is 3.67. The van der Waals surface area contributed by atoms with E-state index in [0.717, 1.165) is 0 Å². The lowest BCUT2D eigenvalue weighted by Crippen LogP contribution is -2.38. The molecule has 0 aliphatic rings. The lowest BCUT2D eigenvalue weighted by molar-refractivity contribution is -0.127. The van der Waals surface area contributed by atoms with E-state index < -0.39 is 16.1 Å². The summed E-state index contributed by atoms with van der Waals surface area (Å²) in [6.07, 6.45) is -0.699. The lowest BCUT2D eigenvalue weighted by Gasteiger charge is -2.16. The molecule has 0 fully saturated rings. The Bertz CT molecular complexity index is 931. The molecule has 0 radical (unpaired) electrons. The summed E-state index contributed by atoms with van der Waals surface area (Å²) in [6.45, 7) is 6.18. The zero-order valence-electron chi connectivity index (χ0n) is 15.7. The summed E-state index contributed by atoms with van der Waals surface area (Å²) in [5.41, 5.74) is 0.296. The van der Waals surface area contributed by atoms with E-state index in [0.29, 0.717) is 28.9 Å². The second-order valence-corrected chi connectivity index (χ2v) is 9.10. The molecule has 152 valence electrons. The van der Waals surface area contributed by atoms with Gasteiger partial charge in [0.1, 0.15) is 5.75 Å². The van der Waals surface area contributed by atoms with Crippen molar-refractivity contribution in [1.29, 1.82) is 0 Å². The summed E-state index contributed by atoms with van der Waals surface area (Å²) in [6, 6.07) is 10.2. The first kappa shape index (κ1) is 22.3. The summed E-state index contributed by atoms with van der Waals surface area (Å²) in [4.78, 5) is 12.0. The molecule has 1 atom stereocenters. The lowest BCUT2D eigenvalue weighted by atomic mass is 10.2. The van der Waals surface area contributed by atoms with Crippen LogP contribution in [0, 0.1) is 5.92 Å². The summed E-state index contributed by atoms with van der Waals surface area (Å²) >= 11 is 11.7. The quantitative estimate of drug-likeness (QED) is 0.634. The van der Waals surface area contributed by atoms with Crippen molar-refractivity contribution in [2.45, 2.75) is 31.8 Å². The number of carbonyl (C=O) groups is 1. The van der Waals surface area contributed by atoms with Crippen molar-refractivity contribution >= 4 is 44.8 Å². The third-order valence-corrected chi connectivity index (χ3v) is 5.81. The van der Waals surface area contributed by atoms with Gasteiger partial charge in [0.25, 0.3) is 15.9 Å². The van der Waals surface area contributed by atoms with Crippen LogP contribution in [0.4, 0.5) is 5.69 Å². The minimum atomic E-state index is -3.81. The smallest absolute Gasteiger partial charge is 0.261 e. The standard InChI is InChI=1S/C19H22Cl2N2O4S/c1-12(2)11-22-19(24)13(3)27-15-5-7-16(8-6-15)28(25,26)23-14-4-9-17(20)18(21)10-14/h4-10,12-13,23H,11H2,1-3H3,(H,22,24)/t13-/m0/s1. The molecule has 2 rings (SSSR count). The number of anilines is 1. The SMILES string of the molecule is CC(C)CNC(=O)[C@H](C)Oc1ccc(S(=O)(=O)Nc2ccc(Cl)c(Cl)c2)cc1.